The number of aromatic nitrogens is 3. The molecule has 1 saturated heterocycles. The lowest BCUT2D eigenvalue weighted by molar-refractivity contribution is -0.125. The molecule has 1 aromatic carbocycles. The highest BCUT2D eigenvalue weighted by atomic mass is 35.5. The van der Waals surface area contributed by atoms with E-state index in [0.29, 0.717) is 31.2 Å². The maximum absolute atomic E-state index is 12.9. The van der Waals surface area contributed by atoms with E-state index >= 15 is 0 Å². The van der Waals surface area contributed by atoms with Crippen LogP contribution in [0.1, 0.15) is 53.0 Å². The second-order valence-electron chi connectivity index (χ2n) is 10.7. The minimum absolute atomic E-state index is 0.0712. The molecule has 11 heteroatoms. The molecule has 3 heterocycles. The zero-order chi connectivity index (χ0) is 28.5. The predicted molar refractivity (Wildman–Crippen MR) is 154 cm³/mol. The van der Waals surface area contributed by atoms with Gasteiger partial charge < -0.3 is 24.3 Å². The number of hydrogen-bond donors (Lipinski definition) is 1. The summed E-state index contributed by atoms with van der Waals surface area (Å²) in [6, 6.07) is 9.15. The summed E-state index contributed by atoms with van der Waals surface area (Å²) in [5.41, 5.74) is 5.49. The van der Waals surface area contributed by atoms with E-state index in [1.54, 1.807) is 17.4 Å². The molecule has 1 aliphatic heterocycles. The van der Waals surface area contributed by atoms with Crippen LogP contribution in [0.4, 0.5) is 4.79 Å². The van der Waals surface area contributed by atoms with Gasteiger partial charge in [0, 0.05) is 51.6 Å². The first-order valence-corrected chi connectivity index (χ1v) is 14.2. The monoisotopic (exact) mass is 576 g/mol. The highest BCUT2D eigenvalue weighted by Crippen LogP contribution is 2.44. The zero-order valence-corrected chi connectivity index (χ0v) is 23.9. The van der Waals surface area contributed by atoms with Crippen LogP contribution in [0.2, 0.25) is 5.02 Å². The molecule has 6 rings (SSSR count). The number of carbonyl (C=O) groups is 2. The Morgan fingerprint density at radius 2 is 1.98 bits per heavy atom. The number of nitrogens with one attached hydrogen (secondary N) is 1. The molecule has 0 radical (unpaired) electrons. The molecule has 1 saturated carbocycles. The van der Waals surface area contributed by atoms with E-state index in [1.165, 1.54) is 7.11 Å². The standard InChI is InChI=1S/C30H33ClN6O4/c1-35-18-32-16-25(35)28(34-26(38)17-40-2)24-14-19-4-3-9-33-27(19)29(22-8-5-20(31)15-23(22)24)36-10-12-37(13-11-36)30(39)41-21-6-7-21/h3-5,8-9,14-16,18,21,28-29H,6-7,10-13,17H2,1-2H3,(H,34,38). The fraction of sp³-hybridized carbons (Fsp3) is 0.400. The smallest absolute Gasteiger partial charge is 0.410 e. The Morgan fingerprint density at radius 3 is 2.68 bits per heavy atom. The summed E-state index contributed by atoms with van der Waals surface area (Å²) in [6.45, 7) is 2.38. The van der Waals surface area contributed by atoms with E-state index in [9.17, 15) is 9.59 Å². The van der Waals surface area contributed by atoms with Gasteiger partial charge in [-0.1, -0.05) is 23.7 Å². The Labute approximate surface area is 243 Å². The Balaban J connectivity index is 1.41. The molecule has 10 nitrogen and oxygen atoms in total. The van der Waals surface area contributed by atoms with Crippen LogP contribution in [-0.4, -0.2) is 82.3 Å². The Morgan fingerprint density at radius 1 is 1.17 bits per heavy atom. The molecule has 2 atom stereocenters. The molecule has 0 spiro atoms. The summed E-state index contributed by atoms with van der Waals surface area (Å²) < 4.78 is 12.6. The Bertz CT molecular complexity index is 1480. The van der Waals surface area contributed by atoms with Gasteiger partial charge in [0.25, 0.3) is 0 Å². The zero-order valence-electron chi connectivity index (χ0n) is 23.1. The molecule has 2 aliphatic carbocycles. The molecule has 2 aromatic heterocycles. The maximum atomic E-state index is 12.9. The lowest BCUT2D eigenvalue weighted by atomic mass is 9.89. The highest BCUT2D eigenvalue weighted by Gasteiger charge is 2.37. The van der Waals surface area contributed by atoms with E-state index in [1.807, 2.05) is 48.1 Å². The topological polar surface area (TPSA) is 102 Å². The average molecular weight is 577 g/mol. The van der Waals surface area contributed by atoms with Gasteiger partial charge in [-0.2, -0.15) is 0 Å². The average Bonchev–Trinajstić information content (AvgIpc) is 3.71. The van der Waals surface area contributed by atoms with Crippen molar-refractivity contribution in [2.75, 3.05) is 39.9 Å². The maximum Gasteiger partial charge on any atom is 0.410 e. The van der Waals surface area contributed by atoms with Crippen molar-refractivity contribution in [3.63, 3.8) is 0 Å². The number of amides is 2. The third kappa shape index (κ3) is 5.72. The minimum atomic E-state index is -0.525. The third-order valence-corrected chi connectivity index (χ3v) is 8.07. The van der Waals surface area contributed by atoms with Gasteiger partial charge in [-0.05, 0) is 59.4 Å². The SMILES string of the molecule is COCC(=O)NC(C1=Cc2cccnc2C(N2CCN(C(=O)OC3CC3)CC2)c2ccc(Cl)cc21)c1cncn1C. The van der Waals surface area contributed by atoms with Crippen molar-refractivity contribution in [3.05, 3.63) is 82.2 Å². The molecular weight excluding hydrogens is 544 g/mol. The normalized spacial score (nSPS) is 19.4. The summed E-state index contributed by atoms with van der Waals surface area (Å²) in [6.07, 6.45) is 9.13. The number of hydrogen-bond acceptors (Lipinski definition) is 7. The molecular formula is C30H33ClN6O4. The van der Waals surface area contributed by atoms with Crippen molar-refractivity contribution < 1.29 is 19.1 Å². The first-order valence-electron chi connectivity index (χ1n) is 13.8. The van der Waals surface area contributed by atoms with Gasteiger partial charge in [-0.15, -0.1) is 0 Å². The number of halogens is 1. The van der Waals surface area contributed by atoms with Crippen molar-refractivity contribution in [1.82, 2.24) is 29.7 Å². The number of nitrogens with zero attached hydrogens (tertiary/aromatic N) is 5. The second kappa shape index (κ2) is 11.6. The predicted octanol–water partition coefficient (Wildman–Crippen LogP) is 3.83. The Kier molecular flexibility index (Phi) is 7.79. The van der Waals surface area contributed by atoms with Crippen molar-refractivity contribution in [2.45, 2.75) is 31.0 Å². The fourth-order valence-corrected chi connectivity index (χ4v) is 5.83. The number of benzene rings is 1. The largest absolute Gasteiger partial charge is 0.446 e. The van der Waals surface area contributed by atoms with Crippen molar-refractivity contribution in [3.8, 4) is 0 Å². The number of rotatable bonds is 7. The van der Waals surface area contributed by atoms with Gasteiger partial charge >= 0.3 is 6.09 Å². The number of piperazine rings is 1. The van der Waals surface area contributed by atoms with Gasteiger partial charge in [0.05, 0.1) is 36.0 Å². The van der Waals surface area contributed by atoms with Crippen molar-refractivity contribution >= 4 is 35.3 Å². The number of fused-ring (bicyclic) bond motifs is 2. The fourth-order valence-electron chi connectivity index (χ4n) is 5.65. The molecule has 1 N–H and O–H groups in total. The van der Waals surface area contributed by atoms with Gasteiger partial charge in [0.1, 0.15) is 12.7 Å². The van der Waals surface area contributed by atoms with E-state index in [4.69, 9.17) is 26.1 Å². The van der Waals surface area contributed by atoms with E-state index < -0.39 is 6.04 Å². The number of imidazole rings is 1. The first kappa shape index (κ1) is 27.4. The minimum Gasteiger partial charge on any atom is -0.446 e. The summed E-state index contributed by atoms with van der Waals surface area (Å²) >= 11 is 6.62. The van der Waals surface area contributed by atoms with Crippen LogP contribution in [-0.2, 0) is 21.3 Å². The van der Waals surface area contributed by atoms with E-state index in [0.717, 1.165) is 46.5 Å². The van der Waals surface area contributed by atoms with Crippen LogP contribution < -0.4 is 5.32 Å². The van der Waals surface area contributed by atoms with E-state index in [-0.39, 0.29) is 30.8 Å². The number of carbonyl (C=O) groups excluding carboxylic acids is 2. The van der Waals surface area contributed by atoms with Gasteiger partial charge in [-0.3, -0.25) is 14.7 Å². The molecule has 2 fully saturated rings. The summed E-state index contributed by atoms with van der Waals surface area (Å²) in [5, 5.41) is 3.74. The number of methoxy groups -OCH3 is 1. The molecule has 2 unspecified atom stereocenters. The van der Waals surface area contributed by atoms with Gasteiger partial charge in [0.15, 0.2) is 0 Å². The van der Waals surface area contributed by atoms with Gasteiger partial charge in [0.2, 0.25) is 5.91 Å². The van der Waals surface area contributed by atoms with E-state index in [2.05, 4.69) is 21.3 Å². The lowest BCUT2D eigenvalue weighted by Gasteiger charge is -2.39. The molecule has 214 valence electrons. The number of ether oxygens (including phenoxy) is 2. The van der Waals surface area contributed by atoms with Crippen LogP contribution >= 0.6 is 11.6 Å². The van der Waals surface area contributed by atoms with Crippen LogP contribution in [0.3, 0.4) is 0 Å². The highest BCUT2D eigenvalue weighted by molar-refractivity contribution is 6.30. The Hall–Kier alpha value is -3.73. The van der Waals surface area contributed by atoms with Crippen LogP contribution in [0, 0.1) is 0 Å². The van der Waals surface area contributed by atoms with Crippen LogP contribution in [0.15, 0.2) is 49.1 Å². The number of pyridine rings is 1. The molecule has 3 aliphatic rings. The summed E-state index contributed by atoms with van der Waals surface area (Å²) in [7, 11) is 3.40. The second-order valence-corrected chi connectivity index (χ2v) is 11.1. The molecule has 3 aromatic rings. The lowest BCUT2D eigenvalue weighted by Crippen LogP contribution is -2.50. The van der Waals surface area contributed by atoms with Crippen molar-refractivity contribution in [1.29, 1.82) is 0 Å². The number of aryl methyl sites for hydroxylation is 1. The molecule has 0 bridgehead atoms. The summed E-state index contributed by atoms with van der Waals surface area (Å²) in [5.74, 6) is -0.246. The third-order valence-electron chi connectivity index (χ3n) is 7.83. The van der Waals surface area contributed by atoms with Crippen LogP contribution in [0.25, 0.3) is 11.6 Å². The van der Waals surface area contributed by atoms with Gasteiger partial charge in [-0.25, -0.2) is 9.78 Å². The van der Waals surface area contributed by atoms with Crippen molar-refractivity contribution in [2.24, 2.45) is 7.05 Å². The molecule has 41 heavy (non-hydrogen) atoms. The molecule has 2 amide bonds. The first-order chi connectivity index (χ1) is 19.9. The summed E-state index contributed by atoms with van der Waals surface area (Å²) in [4.78, 5) is 38.9. The quantitative estimate of drug-likeness (QED) is 0.456. The van der Waals surface area contributed by atoms with Crippen LogP contribution in [0.5, 0.6) is 0 Å².